The number of benzene rings is 1. The number of nitrogens with zero attached hydrogens (tertiary/aromatic N) is 1. The molecule has 0 fully saturated rings. The summed E-state index contributed by atoms with van der Waals surface area (Å²) in [6.45, 7) is 3.21. The van der Waals surface area contributed by atoms with Crippen LogP contribution in [0.4, 0.5) is 0 Å². The first-order chi connectivity index (χ1) is 8.63. The molecule has 1 heterocycles. The molecule has 0 bridgehead atoms. The van der Waals surface area contributed by atoms with Crippen molar-refractivity contribution >= 4 is 11.9 Å². The molecular formula is C13H15NO4. The summed E-state index contributed by atoms with van der Waals surface area (Å²) in [6.07, 6.45) is -0.729. The number of carbonyl (C=O) groups is 1. The standard InChI is InChI=1S/C13H15NO4/c1-8-12(18-9(2)15)10-6-4-5-7-11(10)13(17-8)14-16-3/h4-8,12H,1-3H3/b14-13+/t8-,12+/m1/s1. The number of esters is 1. The zero-order valence-corrected chi connectivity index (χ0v) is 10.5. The lowest BCUT2D eigenvalue weighted by molar-refractivity contribution is -0.152. The molecule has 0 saturated heterocycles. The predicted octanol–water partition coefficient (Wildman–Crippen LogP) is 2.02. The molecule has 1 aromatic carbocycles. The largest absolute Gasteiger partial charge is 0.468 e. The Hall–Kier alpha value is -2.04. The van der Waals surface area contributed by atoms with Crippen LogP contribution in [-0.4, -0.2) is 25.1 Å². The average molecular weight is 249 g/mol. The Labute approximate surface area is 105 Å². The summed E-state index contributed by atoms with van der Waals surface area (Å²) in [7, 11) is 1.46. The van der Waals surface area contributed by atoms with E-state index in [-0.39, 0.29) is 12.1 Å². The maximum atomic E-state index is 11.1. The van der Waals surface area contributed by atoms with Gasteiger partial charge >= 0.3 is 5.97 Å². The summed E-state index contributed by atoms with van der Waals surface area (Å²) in [5.74, 6) is 0.0707. The summed E-state index contributed by atoms with van der Waals surface area (Å²) in [5, 5.41) is 3.84. The smallest absolute Gasteiger partial charge is 0.303 e. The SMILES string of the molecule is CO/N=C1/O[C@H](C)[C@H](OC(C)=O)c2ccccc21. The molecular weight excluding hydrogens is 234 g/mol. The van der Waals surface area contributed by atoms with Crippen LogP contribution in [0.25, 0.3) is 0 Å². The molecule has 0 saturated carbocycles. The molecule has 0 aromatic heterocycles. The monoisotopic (exact) mass is 249 g/mol. The lowest BCUT2D eigenvalue weighted by Crippen LogP contribution is -2.33. The molecule has 0 unspecified atom stereocenters. The maximum Gasteiger partial charge on any atom is 0.303 e. The van der Waals surface area contributed by atoms with Gasteiger partial charge in [0.1, 0.15) is 13.2 Å². The van der Waals surface area contributed by atoms with Crippen molar-refractivity contribution < 1.29 is 19.1 Å². The van der Waals surface area contributed by atoms with Crippen LogP contribution in [0.1, 0.15) is 31.1 Å². The van der Waals surface area contributed by atoms with Crippen LogP contribution < -0.4 is 0 Å². The highest BCUT2D eigenvalue weighted by Gasteiger charge is 2.34. The zero-order chi connectivity index (χ0) is 13.1. The lowest BCUT2D eigenvalue weighted by Gasteiger charge is -2.31. The molecule has 5 nitrogen and oxygen atoms in total. The van der Waals surface area contributed by atoms with E-state index in [4.69, 9.17) is 14.3 Å². The van der Waals surface area contributed by atoms with Gasteiger partial charge in [-0.15, -0.1) is 0 Å². The molecule has 0 radical (unpaired) electrons. The van der Waals surface area contributed by atoms with Crippen LogP contribution in [0.5, 0.6) is 0 Å². The van der Waals surface area contributed by atoms with Crippen LogP contribution in [0.15, 0.2) is 29.4 Å². The fraction of sp³-hybridized carbons (Fsp3) is 0.385. The van der Waals surface area contributed by atoms with E-state index in [9.17, 15) is 4.79 Å². The number of oxime groups is 1. The van der Waals surface area contributed by atoms with Gasteiger partial charge < -0.3 is 14.3 Å². The molecule has 5 heteroatoms. The second kappa shape index (κ2) is 5.08. The highest BCUT2D eigenvalue weighted by Crippen LogP contribution is 2.32. The number of hydrogen-bond donors (Lipinski definition) is 0. The van der Waals surface area contributed by atoms with Crippen LogP contribution >= 0.6 is 0 Å². The normalized spacial score (nSPS) is 24.1. The highest BCUT2D eigenvalue weighted by molar-refractivity contribution is 5.96. The third kappa shape index (κ3) is 2.30. The van der Waals surface area contributed by atoms with Crippen molar-refractivity contribution in [3.05, 3.63) is 35.4 Å². The van der Waals surface area contributed by atoms with Crippen molar-refractivity contribution in [2.24, 2.45) is 5.16 Å². The van der Waals surface area contributed by atoms with Crippen LogP contribution in [-0.2, 0) is 19.1 Å². The molecule has 1 aliphatic heterocycles. The van der Waals surface area contributed by atoms with Crippen LogP contribution in [0, 0.1) is 0 Å². The van der Waals surface area contributed by atoms with Gasteiger partial charge in [-0.05, 0) is 18.1 Å². The van der Waals surface area contributed by atoms with Crippen molar-refractivity contribution in [3.8, 4) is 0 Å². The van der Waals surface area contributed by atoms with Gasteiger partial charge in [0.25, 0.3) is 5.90 Å². The summed E-state index contributed by atoms with van der Waals surface area (Å²) >= 11 is 0. The molecule has 1 aliphatic rings. The lowest BCUT2D eigenvalue weighted by atomic mass is 9.96. The van der Waals surface area contributed by atoms with Crippen molar-refractivity contribution in [1.29, 1.82) is 0 Å². The fourth-order valence-electron chi connectivity index (χ4n) is 1.99. The van der Waals surface area contributed by atoms with E-state index < -0.39 is 6.10 Å². The molecule has 96 valence electrons. The van der Waals surface area contributed by atoms with Gasteiger partial charge in [0.2, 0.25) is 0 Å². The van der Waals surface area contributed by atoms with E-state index in [1.54, 1.807) is 0 Å². The number of carbonyl (C=O) groups excluding carboxylic acids is 1. The van der Waals surface area contributed by atoms with Crippen LogP contribution in [0.2, 0.25) is 0 Å². The van der Waals surface area contributed by atoms with E-state index >= 15 is 0 Å². The van der Waals surface area contributed by atoms with E-state index in [0.717, 1.165) is 11.1 Å². The highest BCUT2D eigenvalue weighted by atomic mass is 16.6. The molecule has 0 amide bonds. The Balaban J connectivity index is 2.44. The van der Waals surface area contributed by atoms with E-state index in [1.807, 2.05) is 31.2 Å². The minimum Gasteiger partial charge on any atom is -0.468 e. The Kier molecular flexibility index (Phi) is 3.50. The Bertz CT molecular complexity index is 484. The molecule has 2 atom stereocenters. The Morgan fingerprint density at radius 1 is 1.39 bits per heavy atom. The average Bonchev–Trinajstić information content (AvgIpc) is 2.34. The van der Waals surface area contributed by atoms with Gasteiger partial charge in [-0.1, -0.05) is 18.2 Å². The number of hydrogen-bond acceptors (Lipinski definition) is 5. The molecule has 0 aliphatic carbocycles. The summed E-state index contributed by atoms with van der Waals surface area (Å²) in [5.41, 5.74) is 1.66. The molecule has 0 N–H and O–H groups in total. The van der Waals surface area contributed by atoms with E-state index in [1.165, 1.54) is 14.0 Å². The van der Waals surface area contributed by atoms with Gasteiger partial charge in [-0.25, -0.2) is 0 Å². The van der Waals surface area contributed by atoms with Crippen molar-refractivity contribution in [1.82, 2.24) is 0 Å². The minimum absolute atomic E-state index is 0.308. The van der Waals surface area contributed by atoms with Crippen molar-refractivity contribution in [3.63, 3.8) is 0 Å². The zero-order valence-electron chi connectivity index (χ0n) is 10.5. The van der Waals surface area contributed by atoms with Gasteiger partial charge in [0, 0.05) is 18.1 Å². The minimum atomic E-state index is -0.422. The van der Waals surface area contributed by atoms with Crippen molar-refractivity contribution in [2.75, 3.05) is 7.11 Å². The number of rotatable bonds is 2. The first kappa shape index (κ1) is 12.4. The van der Waals surface area contributed by atoms with E-state index in [0.29, 0.717) is 5.90 Å². The molecule has 18 heavy (non-hydrogen) atoms. The molecule has 2 rings (SSSR count). The third-order valence-corrected chi connectivity index (χ3v) is 2.69. The van der Waals surface area contributed by atoms with Gasteiger partial charge in [-0.3, -0.25) is 4.79 Å². The Morgan fingerprint density at radius 3 is 2.78 bits per heavy atom. The quantitative estimate of drug-likeness (QED) is 0.594. The Morgan fingerprint density at radius 2 is 2.11 bits per heavy atom. The van der Waals surface area contributed by atoms with Gasteiger partial charge in [0.15, 0.2) is 6.10 Å². The number of ether oxygens (including phenoxy) is 2. The first-order valence-corrected chi connectivity index (χ1v) is 5.67. The van der Waals surface area contributed by atoms with Crippen molar-refractivity contribution in [2.45, 2.75) is 26.1 Å². The molecule has 0 spiro atoms. The maximum absolute atomic E-state index is 11.1. The summed E-state index contributed by atoms with van der Waals surface area (Å²) in [4.78, 5) is 15.9. The summed E-state index contributed by atoms with van der Waals surface area (Å²) in [6, 6.07) is 7.51. The fourth-order valence-corrected chi connectivity index (χ4v) is 1.99. The predicted molar refractivity (Wildman–Crippen MR) is 65.0 cm³/mol. The second-order valence-corrected chi connectivity index (χ2v) is 4.02. The second-order valence-electron chi connectivity index (χ2n) is 4.02. The van der Waals surface area contributed by atoms with Gasteiger partial charge in [-0.2, -0.15) is 0 Å². The van der Waals surface area contributed by atoms with Gasteiger partial charge in [0.05, 0.1) is 0 Å². The third-order valence-electron chi connectivity index (χ3n) is 2.69. The topological polar surface area (TPSA) is 57.1 Å². The first-order valence-electron chi connectivity index (χ1n) is 5.67. The van der Waals surface area contributed by atoms with E-state index in [2.05, 4.69) is 5.16 Å². The summed E-state index contributed by atoms with van der Waals surface area (Å²) < 4.78 is 10.9. The molecule has 1 aromatic rings. The van der Waals surface area contributed by atoms with Crippen LogP contribution in [0.3, 0.4) is 0 Å². The number of fused-ring (bicyclic) bond motifs is 1.